The highest BCUT2D eigenvalue weighted by atomic mass is 35.5. The van der Waals surface area contributed by atoms with Crippen LogP contribution in [0.5, 0.6) is 0 Å². The Balaban J connectivity index is 0.00000280. The number of thiophene rings is 1. The molecule has 1 saturated heterocycles. The zero-order valence-corrected chi connectivity index (χ0v) is 16.9. The number of nitrogens with one attached hydrogen (secondary N) is 2. The van der Waals surface area contributed by atoms with Crippen LogP contribution in [0.15, 0.2) is 35.7 Å². The van der Waals surface area contributed by atoms with Gasteiger partial charge in [-0.1, -0.05) is 12.1 Å². The molecule has 5 nitrogen and oxygen atoms in total. The summed E-state index contributed by atoms with van der Waals surface area (Å²) in [5.41, 5.74) is 0.656. The summed E-state index contributed by atoms with van der Waals surface area (Å²) in [5.74, 6) is -2.40. The Morgan fingerprint density at radius 3 is 2.75 bits per heavy atom. The third-order valence-electron chi connectivity index (χ3n) is 4.66. The fraction of sp³-hybridized carbons (Fsp3) is 0.368. The molecule has 0 saturated carbocycles. The maximum Gasteiger partial charge on any atom is 0.264 e. The zero-order valence-electron chi connectivity index (χ0n) is 15.3. The van der Waals surface area contributed by atoms with Crippen LogP contribution in [0.1, 0.15) is 27.6 Å². The predicted octanol–water partition coefficient (Wildman–Crippen LogP) is 2.78. The highest BCUT2D eigenvalue weighted by Gasteiger charge is 2.29. The van der Waals surface area contributed by atoms with E-state index in [1.807, 2.05) is 0 Å². The number of hydrogen-bond acceptors (Lipinski definition) is 4. The van der Waals surface area contributed by atoms with Gasteiger partial charge in [0.15, 0.2) is 11.6 Å². The first-order valence-corrected chi connectivity index (χ1v) is 9.57. The molecular formula is C19H22ClF2N3O2S. The SMILES string of the molecule is CN(CC(=O)NC1CNCCC1c1ccc(F)c(F)c1)C(=O)c1cccs1.Cl. The third-order valence-corrected chi connectivity index (χ3v) is 5.52. The van der Waals surface area contributed by atoms with Gasteiger partial charge < -0.3 is 15.5 Å². The van der Waals surface area contributed by atoms with Crippen LogP contribution in [0.2, 0.25) is 0 Å². The first kappa shape index (κ1) is 22.3. The number of carbonyl (C=O) groups is 2. The van der Waals surface area contributed by atoms with Crippen LogP contribution in [0.25, 0.3) is 0 Å². The number of likely N-dealkylation sites (N-methyl/N-ethyl adjacent to an activating group) is 1. The topological polar surface area (TPSA) is 61.4 Å². The van der Waals surface area contributed by atoms with E-state index in [1.54, 1.807) is 30.6 Å². The molecule has 3 rings (SSSR count). The van der Waals surface area contributed by atoms with Gasteiger partial charge in [-0.3, -0.25) is 9.59 Å². The van der Waals surface area contributed by atoms with Crippen LogP contribution >= 0.6 is 23.7 Å². The molecule has 2 amide bonds. The van der Waals surface area contributed by atoms with Crippen LogP contribution < -0.4 is 10.6 Å². The van der Waals surface area contributed by atoms with E-state index in [9.17, 15) is 18.4 Å². The average Bonchev–Trinajstić information content (AvgIpc) is 3.18. The fourth-order valence-electron chi connectivity index (χ4n) is 3.28. The number of carbonyl (C=O) groups excluding carboxylic acids is 2. The van der Waals surface area contributed by atoms with Crippen molar-refractivity contribution < 1.29 is 18.4 Å². The van der Waals surface area contributed by atoms with Crippen LogP contribution in [0, 0.1) is 11.6 Å². The summed E-state index contributed by atoms with van der Waals surface area (Å²) in [6.07, 6.45) is 0.694. The second kappa shape index (κ2) is 9.95. The Kier molecular flexibility index (Phi) is 7.91. The summed E-state index contributed by atoms with van der Waals surface area (Å²) in [5, 5.41) is 7.93. The second-order valence-electron chi connectivity index (χ2n) is 6.59. The van der Waals surface area contributed by atoms with Crippen molar-refractivity contribution in [2.45, 2.75) is 18.4 Å². The summed E-state index contributed by atoms with van der Waals surface area (Å²) in [7, 11) is 1.58. The maximum atomic E-state index is 13.6. The van der Waals surface area contributed by atoms with E-state index in [4.69, 9.17) is 0 Å². The van der Waals surface area contributed by atoms with Gasteiger partial charge in [-0.15, -0.1) is 23.7 Å². The van der Waals surface area contributed by atoms with Gasteiger partial charge in [0.05, 0.1) is 11.4 Å². The summed E-state index contributed by atoms with van der Waals surface area (Å²) < 4.78 is 26.8. The number of rotatable bonds is 5. The van der Waals surface area contributed by atoms with Crippen molar-refractivity contribution in [3.63, 3.8) is 0 Å². The lowest BCUT2D eigenvalue weighted by Gasteiger charge is -2.33. The number of hydrogen-bond donors (Lipinski definition) is 2. The van der Waals surface area contributed by atoms with E-state index in [-0.39, 0.29) is 42.7 Å². The maximum absolute atomic E-state index is 13.6. The molecule has 28 heavy (non-hydrogen) atoms. The largest absolute Gasteiger partial charge is 0.350 e. The van der Waals surface area contributed by atoms with Gasteiger partial charge >= 0.3 is 0 Å². The Labute approximate surface area is 172 Å². The van der Waals surface area contributed by atoms with Gasteiger partial charge in [-0.25, -0.2) is 8.78 Å². The van der Waals surface area contributed by atoms with Crippen LogP contribution in [0.4, 0.5) is 8.78 Å². The first-order valence-electron chi connectivity index (χ1n) is 8.69. The predicted molar refractivity (Wildman–Crippen MR) is 107 cm³/mol. The molecule has 1 aliphatic heterocycles. The molecule has 0 spiro atoms. The van der Waals surface area contributed by atoms with Crippen molar-refractivity contribution in [3.05, 3.63) is 57.8 Å². The first-order chi connectivity index (χ1) is 13.0. The monoisotopic (exact) mass is 429 g/mol. The molecule has 0 radical (unpaired) electrons. The second-order valence-corrected chi connectivity index (χ2v) is 7.53. The van der Waals surface area contributed by atoms with Crippen LogP contribution in [-0.4, -0.2) is 49.4 Å². The van der Waals surface area contributed by atoms with Crippen molar-refractivity contribution in [1.29, 1.82) is 0 Å². The van der Waals surface area contributed by atoms with Crippen molar-refractivity contribution >= 4 is 35.6 Å². The van der Waals surface area contributed by atoms with Gasteiger partial charge in [0.2, 0.25) is 5.91 Å². The van der Waals surface area contributed by atoms with Crippen LogP contribution in [-0.2, 0) is 4.79 Å². The normalized spacial score (nSPS) is 18.8. The lowest BCUT2D eigenvalue weighted by Crippen LogP contribution is -2.52. The molecule has 0 bridgehead atoms. The van der Waals surface area contributed by atoms with E-state index in [0.717, 1.165) is 12.6 Å². The van der Waals surface area contributed by atoms with Crippen molar-refractivity contribution in [2.24, 2.45) is 0 Å². The standard InChI is InChI=1S/C19H21F2N3O2S.ClH/c1-24(19(26)17-3-2-8-27-17)11-18(25)23-16-10-22-7-6-13(16)12-4-5-14(20)15(21)9-12;/h2-5,8-9,13,16,22H,6-7,10-11H2,1H3,(H,23,25);1H. The van der Waals surface area contributed by atoms with Gasteiger partial charge in [-0.2, -0.15) is 0 Å². The quantitative estimate of drug-likeness (QED) is 0.768. The molecule has 9 heteroatoms. The lowest BCUT2D eigenvalue weighted by atomic mass is 9.86. The zero-order chi connectivity index (χ0) is 19.4. The molecule has 2 N–H and O–H groups in total. The molecule has 2 aromatic rings. The molecule has 2 atom stereocenters. The van der Waals surface area contributed by atoms with E-state index in [0.29, 0.717) is 23.4 Å². The van der Waals surface area contributed by atoms with E-state index < -0.39 is 11.6 Å². The summed E-state index contributed by atoms with van der Waals surface area (Å²) >= 11 is 1.32. The number of nitrogens with zero attached hydrogens (tertiary/aromatic N) is 1. The van der Waals surface area contributed by atoms with Gasteiger partial charge in [0.1, 0.15) is 0 Å². The molecule has 1 aliphatic rings. The molecule has 2 unspecified atom stereocenters. The lowest BCUT2D eigenvalue weighted by molar-refractivity contribution is -0.122. The summed E-state index contributed by atoms with van der Waals surface area (Å²) in [4.78, 5) is 26.6. The smallest absolute Gasteiger partial charge is 0.264 e. The number of amides is 2. The van der Waals surface area contributed by atoms with E-state index in [2.05, 4.69) is 10.6 Å². The number of piperidine rings is 1. The highest BCUT2D eigenvalue weighted by Crippen LogP contribution is 2.27. The fourth-order valence-corrected chi connectivity index (χ4v) is 4.00. The van der Waals surface area contributed by atoms with E-state index in [1.165, 1.54) is 22.3 Å². The minimum Gasteiger partial charge on any atom is -0.350 e. The average molecular weight is 430 g/mol. The molecule has 1 aromatic heterocycles. The van der Waals surface area contributed by atoms with Crippen LogP contribution in [0.3, 0.4) is 0 Å². The molecule has 152 valence electrons. The molecule has 1 fully saturated rings. The minimum atomic E-state index is -0.891. The summed E-state index contributed by atoms with van der Waals surface area (Å²) in [6, 6.07) is 7.09. The minimum absolute atomic E-state index is 0. The Morgan fingerprint density at radius 2 is 2.07 bits per heavy atom. The number of halogens is 3. The highest BCUT2D eigenvalue weighted by molar-refractivity contribution is 7.12. The van der Waals surface area contributed by atoms with Gasteiger partial charge in [-0.05, 0) is 42.1 Å². The summed E-state index contributed by atoms with van der Waals surface area (Å²) in [6.45, 7) is 1.18. The van der Waals surface area contributed by atoms with Gasteiger partial charge in [0.25, 0.3) is 5.91 Å². The Bertz CT molecular complexity index is 820. The molecule has 0 aliphatic carbocycles. The van der Waals surface area contributed by atoms with Crippen molar-refractivity contribution in [3.8, 4) is 0 Å². The molecule has 2 heterocycles. The Hall–Kier alpha value is -2.03. The number of benzene rings is 1. The molecular weight excluding hydrogens is 408 g/mol. The van der Waals surface area contributed by atoms with E-state index >= 15 is 0 Å². The van der Waals surface area contributed by atoms with Crippen molar-refractivity contribution in [1.82, 2.24) is 15.5 Å². The third kappa shape index (κ3) is 5.27. The van der Waals surface area contributed by atoms with Gasteiger partial charge in [0, 0.05) is 25.6 Å². The van der Waals surface area contributed by atoms with Crippen molar-refractivity contribution in [2.75, 3.05) is 26.7 Å². The molecule has 1 aromatic carbocycles. The Morgan fingerprint density at radius 1 is 1.29 bits per heavy atom.